The van der Waals surface area contributed by atoms with Gasteiger partial charge in [0.25, 0.3) is 0 Å². The second-order valence-corrected chi connectivity index (χ2v) is 4.40. The Hall–Kier alpha value is -0.570. The lowest BCUT2D eigenvalue weighted by atomic mass is 10.1. The van der Waals surface area contributed by atoms with Crippen LogP contribution in [0.3, 0.4) is 0 Å². The molecule has 0 saturated carbocycles. The van der Waals surface area contributed by atoms with Crippen LogP contribution in [0.5, 0.6) is 0 Å². The van der Waals surface area contributed by atoms with Crippen molar-refractivity contribution in [2.24, 2.45) is 0 Å². The van der Waals surface area contributed by atoms with E-state index < -0.39 is 0 Å². The van der Waals surface area contributed by atoms with E-state index in [2.05, 4.69) is 5.32 Å². The molecule has 13 heavy (non-hydrogen) atoms. The Bertz CT molecular complexity index is 178. The molecule has 3 heteroatoms. The smallest absolute Gasteiger partial charge is 0.311 e. The fourth-order valence-electron chi connectivity index (χ4n) is 1.35. The van der Waals surface area contributed by atoms with E-state index in [1.807, 2.05) is 20.8 Å². The number of hydrogen-bond acceptors (Lipinski definition) is 3. The van der Waals surface area contributed by atoms with Crippen molar-refractivity contribution in [3.05, 3.63) is 6.42 Å². The van der Waals surface area contributed by atoms with Crippen LogP contribution in [0.2, 0.25) is 0 Å². The first-order valence-corrected chi connectivity index (χ1v) is 4.78. The minimum Gasteiger partial charge on any atom is -0.460 e. The van der Waals surface area contributed by atoms with Crippen LogP contribution < -0.4 is 5.32 Å². The van der Waals surface area contributed by atoms with Gasteiger partial charge in [0, 0.05) is 6.04 Å². The van der Waals surface area contributed by atoms with Crippen LogP contribution in [0.25, 0.3) is 0 Å². The van der Waals surface area contributed by atoms with E-state index in [-0.39, 0.29) is 17.6 Å². The Morgan fingerprint density at radius 1 is 1.54 bits per heavy atom. The monoisotopic (exact) mass is 184 g/mol. The molecular weight excluding hydrogens is 166 g/mol. The third kappa shape index (κ3) is 4.27. The Morgan fingerprint density at radius 3 is 2.69 bits per heavy atom. The van der Waals surface area contributed by atoms with Gasteiger partial charge in [0.15, 0.2) is 0 Å². The highest BCUT2D eigenvalue weighted by Gasteiger charge is 2.22. The van der Waals surface area contributed by atoms with Gasteiger partial charge in [-0.25, -0.2) is 0 Å². The van der Waals surface area contributed by atoms with Gasteiger partial charge in [-0.3, -0.25) is 4.79 Å². The van der Waals surface area contributed by atoms with Crippen LogP contribution >= 0.6 is 0 Å². The topological polar surface area (TPSA) is 38.3 Å². The van der Waals surface area contributed by atoms with Gasteiger partial charge in [0.1, 0.15) is 5.60 Å². The fraction of sp³-hybridized carbons (Fsp3) is 0.800. The summed E-state index contributed by atoms with van der Waals surface area (Å²) >= 11 is 0. The molecule has 0 aromatic rings. The number of nitrogens with one attached hydrogen (secondary N) is 1. The zero-order valence-corrected chi connectivity index (χ0v) is 8.59. The zero-order valence-electron chi connectivity index (χ0n) is 8.59. The second-order valence-electron chi connectivity index (χ2n) is 4.40. The highest BCUT2D eigenvalue weighted by Crippen LogP contribution is 2.12. The largest absolute Gasteiger partial charge is 0.460 e. The van der Waals surface area contributed by atoms with Crippen molar-refractivity contribution < 1.29 is 9.53 Å². The SMILES string of the molecule is CC(C)(C)OC(=O)[CH]C1CCCN1. The average molecular weight is 184 g/mol. The highest BCUT2D eigenvalue weighted by molar-refractivity contribution is 5.80. The zero-order chi connectivity index (χ0) is 9.90. The fourth-order valence-corrected chi connectivity index (χ4v) is 1.35. The normalized spacial score (nSPS) is 23.2. The highest BCUT2D eigenvalue weighted by atomic mass is 16.6. The van der Waals surface area contributed by atoms with Gasteiger partial charge in [-0.2, -0.15) is 0 Å². The van der Waals surface area contributed by atoms with Gasteiger partial charge in [-0.1, -0.05) is 0 Å². The second kappa shape index (κ2) is 4.09. The summed E-state index contributed by atoms with van der Waals surface area (Å²) in [7, 11) is 0. The maximum Gasteiger partial charge on any atom is 0.311 e. The van der Waals surface area contributed by atoms with Crippen molar-refractivity contribution in [1.82, 2.24) is 5.32 Å². The molecule has 1 N–H and O–H groups in total. The van der Waals surface area contributed by atoms with Crippen molar-refractivity contribution in [3.63, 3.8) is 0 Å². The minimum atomic E-state index is -0.383. The molecule has 1 rings (SSSR count). The molecule has 75 valence electrons. The number of hydrogen-bond donors (Lipinski definition) is 1. The average Bonchev–Trinajstić information content (AvgIpc) is 2.34. The standard InChI is InChI=1S/C10H18NO2/c1-10(2,3)13-9(12)7-8-5-4-6-11-8/h7-8,11H,4-6H2,1-3H3. The van der Waals surface area contributed by atoms with E-state index in [0.29, 0.717) is 0 Å². The van der Waals surface area contributed by atoms with Crippen LogP contribution in [0.1, 0.15) is 33.6 Å². The van der Waals surface area contributed by atoms with Gasteiger partial charge in [0.05, 0.1) is 6.42 Å². The molecule has 3 nitrogen and oxygen atoms in total. The number of rotatable bonds is 2. The molecule has 1 radical (unpaired) electrons. The lowest BCUT2D eigenvalue weighted by Gasteiger charge is -2.20. The third-order valence-corrected chi connectivity index (χ3v) is 1.84. The quantitative estimate of drug-likeness (QED) is 0.657. The summed E-state index contributed by atoms with van der Waals surface area (Å²) < 4.78 is 5.17. The van der Waals surface area contributed by atoms with Gasteiger partial charge in [-0.15, -0.1) is 0 Å². The summed E-state index contributed by atoms with van der Waals surface area (Å²) in [6, 6.07) is 0.217. The number of ether oxygens (including phenoxy) is 1. The van der Waals surface area contributed by atoms with Gasteiger partial charge in [0.2, 0.25) is 0 Å². The summed E-state index contributed by atoms with van der Waals surface area (Å²) in [5.74, 6) is -0.216. The Labute approximate surface area is 79.8 Å². The molecule has 1 fully saturated rings. The molecule has 1 unspecified atom stereocenters. The minimum absolute atomic E-state index is 0.216. The van der Waals surface area contributed by atoms with E-state index >= 15 is 0 Å². The first-order valence-electron chi connectivity index (χ1n) is 4.78. The Balaban J connectivity index is 2.24. The van der Waals surface area contributed by atoms with Crippen LogP contribution in [0, 0.1) is 6.42 Å². The summed E-state index contributed by atoms with van der Waals surface area (Å²) in [5.41, 5.74) is -0.383. The summed E-state index contributed by atoms with van der Waals surface area (Å²) in [6.07, 6.45) is 3.82. The van der Waals surface area contributed by atoms with E-state index in [9.17, 15) is 4.79 Å². The Kier molecular flexibility index (Phi) is 3.31. The predicted molar refractivity (Wildman–Crippen MR) is 51.2 cm³/mol. The van der Waals surface area contributed by atoms with Gasteiger partial charge in [-0.05, 0) is 40.2 Å². The lowest BCUT2D eigenvalue weighted by molar-refractivity contribution is -0.150. The predicted octanol–water partition coefficient (Wildman–Crippen LogP) is 1.28. The summed E-state index contributed by atoms with van der Waals surface area (Å²) in [5, 5.41) is 3.22. The third-order valence-electron chi connectivity index (χ3n) is 1.84. The lowest BCUT2D eigenvalue weighted by Crippen LogP contribution is -2.30. The molecule has 0 spiro atoms. The number of carbonyl (C=O) groups excluding carboxylic acids is 1. The van der Waals surface area contributed by atoms with E-state index in [0.717, 1.165) is 19.4 Å². The van der Waals surface area contributed by atoms with Gasteiger partial charge < -0.3 is 10.1 Å². The van der Waals surface area contributed by atoms with Crippen molar-refractivity contribution in [2.45, 2.75) is 45.3 Å². The number of esters is 1. The van der Waals surface area contributed by atoms with E-state index in [1.54, 1.807) is 6.42 Å². The molecule has 0 bridgehead atoms. The molecule has 0 aliphatic carbocycles. The molecule has 1 atom stereocenters. The van der Waals surface area contributed by atoms with Crippen molar-refractivity contribution in [3.8, 4) is 0 Å². The maximum absolute atomic E-state index is 11.3. The molecule has 1 saturated heterocycles. The van der Waals surface area contributed by atoms with Crippen molar-refractivity contribution in [2.75, 3.05) is 6.54 Å². The van der Waals surface area contributed by atoms with E-state index in [1.165, 1.54) is 0 Å². The maximum atomic E-state index is 11.3. The molecule has 1 heterocycles. The summed E-state index contributed by atoms with van der Waals surface area (Å²) in [4.78, 5) is 11.3. The van der Waals surface area contributed by atoms with Crippen LogP contribution in [0.4, 0.5) is 0 Å². The first kappa shape index (κ1) is 10.5. The van der Waals surface area contributed by atoms with Crippen LogP contribution in [-0.4, -0.2) is 24.2 Å². The van der Waals surface area contributed by atoms with Gasteiger partial charge >= 0.3 is 5.97 Å². The summed E-state index contributed by atoms with van der Waals surface area (Å²) in [6.45, 7) is 6.63. The first-order chi connectivity index (χ1) is 5.97. The molecule has 0 aromatic heterocycles. The van der Waals surface area contributed by atoms with Crippen molar-refractivity contribution >= 4 is 5.97 Å². The van der Waals surface area contributed by atoms with Crippen LogP contribution in [0.15, 0.2) is 0 Å². The molecule has 1 aliphatic heterocycles. The van der Waals surface area contributed by atoms with Crippen LogP contribution in [-0.2, 0) is 9.53 Å². The van der Waals surface area contributed by atoms with Crippen molar-refractivity contribution in [1.29, 1.82) is 0 Å². The molecular formula is C10H18NO2. The molecule has 0 aromatic carbocycles. The Morgan fingerprint density at radius 2 is 2.23 bits per heavy atom. The van der Waals surface area contributed by atoms with E-state index in [4.69, 9.17) is 4.74 Å². The molecule has 1 aliphatic rings. The number of carbonyl (C=O) groups is 1. The molecule has 0 amide bonds.